The van der Waals surface area contributed by atoms with Gasteiger partial charge in [0.1, 0.15) is 8.80 Å². The summed E-state index contributed by atoms with van der Waals surface area (Å²) in [5.41, 5.74) is 1.82. The molecular weight excluding hydrogens is 168 g/mol. The highest BCUT2D eigenvalue weighted by atomic mass is 28.3. The summed E-state index contributed by atoms with van der Waals surface area (Å²) < 4.78 is 0. The molecule has 1 aromatic rings. The van der Waals surface area contributed by atoms with Gasteiger partial charge in [0, 0.05) is 0 Å². The molecule has 0 amide bonds. The fraction of sp³-hybridized carbons (Fsp3) is 0.111. The van der Waals surface area contributed by atoms with E-state index < -0.39 is 8.80 Å². The Morgan fingerprint density at radius 3 is 2.67 bits per heavy atom. The van der Waals surface area contributed by atoms with Gasteiger partial charge in [0.25, 0.3) is 0 Å². The highest BCUT2D eigenvalue weighted by Crippen LogP contribution is 2.21. The summed E-state index contributed by atoms with van der Waals surface area (Å²) in [4.78, 5) is 0. The van der Waals surface area contributed by atoms with Crippen LogP contribution in [0, 0.1) is 0 Å². The highest BCUT2D eigenvalue weighted by Gasteiger charge is 2.10. The molecular formula is C9H11O2Si. The first-order chi connectivity index (χ1) is 5.66. The third-order valence-corrected chi connectivity index (χ3v) is 3.61. The SMILES string of the molecule is C=C[Si](C)c1cccc(O)c1O. The Hall–Kier alpha value is -1.22. The second kappa shape index (κ2) is 3.45. The van der Waals surface area contributed by atoms with E-state index in [4.69, 9.17) is 0 Å². The minimum Gasteiger partial charge on any atom is -0.504 e. The molecule has 0 bridgehead atoms. The van der Waals surface area contributed by atoms with Crippen LogP contribution in [0.25, 0.3) is 0 Å². The molecule has 0 spiro atoms. The van der Waals surface area contributed by atoms with Crippen molar-refractivity contribution in [3.63, 3.8) is 0 Å². The summed E-state index contributed by atoms with van der Waals surface area (Å²) in [7, 11) is -0.905. The van der Waals surface area contributed by atoms with Crippen LogP contribution >= 0.6 is 0 Å². The molecule has 0 unspecified atom stereocenters. The monoisotopic (exact) mass is 179 g/mol. The molecule has 63 valence electrons. The van der Waals surface area contributed by atoms with Crippen molar-refractivity contribution in [3.05, 3.63) is 30.5 Å². The quantitative estimate of drug-likeness (QED) is 0.528. The van der Waals surface area contributed by atoms with E-state index in [1.54, 1.807) is 6.07 Å². The molecule has 0 aliphatic rings. The topological polar surface area (TPSA) is 40.5 Å². The van der Waals surface area contributed by atoms with E-state index in [0.29, 0.717) is 0 Å². The smallest absolute Gasteiger partial charge is 0.157 e. The van der Waals surface area contributed by atoms with E-state index in [-0.39, 0.29) is 11.5 Å². The Morgan fingerprint density at radius 1 is 1.42 bits per heavy atom. The van der Waals surface area contributed by atoms with Crippen LogP contribution in [-0.2, 0) is 0 Å². The minimum absolute atomic E-state index is 0.00575. The van der Waals surface area contributed by atoms with Crippen LogP contribution in [0.15, 0.2) is 30.5 Å². The molecule has 0 aliphatic carbocycles. The lowest BCUT2D eigenvalue weighted by Crippen LogP contribution is -2.24. The molecule has 0 aliphatic heterocycles. The normalized spacial score (nSPS) is 10.2. The van der Waals surface area contributed by atoms with Crippen molar-refractivity contribution >= 4 is 14.0 Å². The van der Waals surface area contributed by atoms with Crippen molar-refractivity contribution in [2.24, 2.45) is 0 Å². The number of phenols is 2. The van der Waals surface area contributed by atoms with Gasteiger partial charge in [0.05, 0.1) is 0 Å². The fourth-order valence-corrected chi connectivity index (χ4v) is 2.04. The molecule has 12 heavy (non-hydrogen) atoms. The molecule has 0 saturated carbocycles. The predicted molar refractivity (Wildman–Crippen MR) is 51.2 cm³/mol. The number of para-hydroxylation sites is 1. The summed E-state index contributed by atoms with van der Waals surface area (Å²) in [6.07, 6.45) is 0. The fourth-order valence-electron chi connectivity index (χ4n) is 0.959. The van der Waals surface area contributed by atoms with Crippen LogP contribution in [-0.4, -0.2) is 19.0 Å². The zero-order chi connectivity index (χ0) is 9.14. The standard InChI is InChI=1S/C9H11O2Si/c1-3-12(2)8-6-4-5-7(10)9(8)11/h3-6,10-11H,1H2,2H3. The summed E-state index contributed by atoms with van der Waals surface area (Å²) >= 11 is 0. The van der Waals surface area contributed by atoms with E-state index in [1.807, 2.05) is 18.3 Å². The Bertz CT molecular complexity index is 297. The van der Waals surface area contributed by atoms with Crippen LogP contribution in [0.3, 0.4) is 0 Å². The Labute approximate surface area is 73.4 Å². The Balaban J connectivity index is 3.15. The van der Waals surface area contributed by atoms with E-state index in [1.165, 1.54) is 6.07 Å². The first-order valence-electron chi connectivity index (χ1n) is 3.64. The van der Waals surface area contributed by atoms with Gasteiger partial charge in [-0.3, -0.25) is 0 Å². The number of aromatic hydroxyl groups is 2. The van der Waals surface area contributed by atoms with Gasteiger partial charge in [-0.15, -0.1) is 6.58 Å². The maximum Gasteiger partial charge on any atom is 0.157 e. The highest BCUT2D eigenvalue weighted by molar-refractivity contribution is 6.77. The van der Waals surface area contributed by atoms with Crippen LogP contribution in [0.1, 0.15) is 0 Å². The molecule has 2 N–H and O–H groups in total. The maximum absolute atomic E-state index is 9.43. The number of phenolic OH excluding ortho intramolecular Hbond substituents is 2. The lowest BCUT2D eigenvalue weighted by atomic mass is 10.3. The predicted octanol–water partition coefficient (Wildman–Crippen LogP) is 1.15. The third kappa shape index (κ3) is 1.51. The van der Waals surface area contributed by atoms with Gasteiger partial charge in [-0.25, -0.2) is 0 Å². The molecule has 2 nitrogen and oxygen atoms in total. The Morgan fingerprint density at radius 2 is 2.08 bits per heavy atom. The zero-order valence-corrected chi connectivity index (χ0v) is 7.91. The maximum atomic E-state index is 9.43. The van der Waals surface area contributed by atoms with Gasteiger partial charge in [-0.1, -0.05) is 24.4 Å². The summed E-state index contributed by atoms with van der Waals surface area (Å²) in [5, 5.41) is 19.4. The van der Waals surface area contributed by atoms with Gasteiger partial charge in [0.15, 0.2) is 11.5 Å². The molecule has 1 rings (SSSR count). The number of rotatable bonds is 2. The van der Waals surface area contributed by atoms with E-state index in [9.17, 15) is 10.2 Å². The number of benzene rings is 1. The van der Waals surface area contributed by atoms with Gasteiger partial charge in [0.2, 0.25) is 0 Å². The van der Waals surface area contributed by atoms with E-state index >= 15 is 0 Å². The van der Waals surface area contributed by atoms with Crippen LogP contribution in [0.2, 0.25) is 6.55 Å². The summed E-state index contributed by atoms with van der Waals surface area (Å²) in [6.45, 7) is 5.67. The van der Waals surface area contributed by atoms with Crippen LogP contribution < -0.4 is 5.19 Å². The molecule has 0 saturated heterocycles. The van der Waals surface area contributed by atoms with E-state index in [0.717, 1.165) is 5.19 Å². The van der Waals surface area contributed by atoms with Crippen molar-refractivity contribution in [3.8, 4) is 11.5 Å². The zero-order valence-electron chi connectivity index (χ0n) is 6.91. The average molecular weight is 179 g/mol. The van der Waals surface area contributed by atoms with Gasteiger partial charge in [-0.2, -0.15) is 0 Å². The molecule has 0 heterocycles. The summed E-state index contributed by atoms with van der Waals surface area (Å²) in [5.74, 6) is -0.0625. The van der Waals surface area contributed by atoms with Crippen molar-refractivity contribution in [2.75, 3.05) is 0 Å². The minimum atomic E-state index is -0.905. The third-order valence-electron chi connectivity index (χ3n) is 1.75. The largest absolute Gasteiger partial charge is 0.504 e. The molecule has 0 fully saturated rings. The van der Waals surface area contributed by atoms with E-state index in [2.05, 4.69) is 6.58 Å². The van der Waals surface area contributed by atoms with Crippen LogP contribution in [0.5, 0.6) is 11.5 Å². The number of hydrogen-bond acceptors (Lipinski definition) is 2. The lowest BCUT2D eigenvalue weighted by molar-refractivity contribution is 0.406. The Kier molecular flexibility index (Phi) is 2.55. The van der Waals surface area contributed by atoms with Crippen molar-refractivity contribution < 1.29 is 10.2 Å². The van der Waals surface area contributed by atoms with Crippen molar-refractivity contribution in [2.45, 2.75) is 6.55 Å². The summed E-state index contributed by atoms with van der Waals surface area (Å²) in [6, 6.07) is 5.00. The van der Waals surface area contributed by atoms with Crippen molar-refractivity contribution in [1.82, 2.24) is 0 Å². The van der Waals surface area contributed by atoms with Crippen molar-refractivity contribution in [1.29, 1.82) is 0 Å². The molecule has 0 aromatic heterocycles. The molecule has 1 aromatic carbocycles. The van der Waals surface area contributed by atoms with Gasteiger partial charge < -0.3 is 10.2 Å². The molecule has 3 heteroatoms. The second-order valence-corrected chi connectivity index (χ2v) is 4.87. The lowest BCUT2D eigenvalue weighted by Gasteiger charge is -2.07. The van der Waals surface area contributed by atoms with Gasteiger partial charge in [-0.05, 0) is 11.3 Å². The molecule has 1 radical (unpaired) electrons. The van der Waals surface area contributed by atoms with Gasteiger partial charge >= 0.3 is 0 Å². The van der Waals surface area contributed by atoms with Crippen LogP contribution in [0.4, 0.5) is 0 Å². The first-order valence-corrected chi connectivity index (χ1v) is 5.72. The second-order valence-electron chi connectivity index (χ2n) is 2.56. The number of hydrogen-bond donors (Lipinski definition) is 2. The average Bonchev–Trinajstić information content (AvgIpc) is 2.08. The molecule has 0 atom stereocenters. The first kappa shape index (κ1) is 8.87.